The first-order valence-corrected chi connectivity index (χ1v) is 6.56. The fourth-order valence-electron chi connectivity index (χ4n) is 2.59. The Kier molecular flexibility index (Phi) is 6.32. The second-order valence-corrected chi connectivity index (χ2v) is 5.30. The van der Waals surface area contributed by atoms with Gasteiger partial charge in [-0.3, -0.25) is 4.90 Å². The molecule has 0 saturated heterocycles. The minimum Gasteiger partial charge on any atom is -0.391 e. The smallest absolute Gasteiger partial charge is 0.0695 e. The Bertz CT molecular complexity index is 185. The molecule has 3 heteroatoms. The molecule has 0 aliphatic heterocycles. The predicted molar refractivity (Wildman–Crippen MR) is 66.5 cm³/mol. The fraction of sp³-hybridized carbons (Fsp3) is 1.00. The molecule has 3 nitrogen and oxygen atoms in total. The van der Waals surface area contributed by atoms with E-state index >= 15 is 0 Å². The Hall–Kier alpha value is -0.120. The number of nitrogens with zero attached hydrogens (tertiary/aromatic N) is 1. The topological polar surface area (TPSA) is 32.7 Å². The van der Waals surface area contributed by atoms with Gasteiger partial charge in [0.2, 0.25) is 0 Å². The standard InChI is InChI=1S/C13H27NO2/c1-11(2)10-14(8-9-16-3)12-6-4-5-7-13(12)15/h11-13,15H,4-10H2,1-3H3/t12-,13-/m1/s1. The van der Waals surface area contributed by atoms with E-state index in [2.05, 4.69) is 18.7 Å². The molecule has 0 bridgehead atoms. The van der Waals surface area contributed by atoms with Gasteiger partial charge in [0.15, 0.2) is 0 Å². The molecule has 16 heavy (non-hydrogen) atoms. The van der Waals surface area contributed by atoms with Crippen LogP contribution in [0.15, 0.2) is 0 Å². The number of aliphatic hydroxyl groups is 1. The number of hydrogen-bond acceptors (Lipinski definition) is 3. The van der Waals surface area contributed by atoms with Crippen molar-refractivity contribution in [3.63, 3.8) is 0 Å². The molecule has 1 N–H and O–H groups in total. The number of ether oxygens (including phenoxy) is 1. The van der Waals surface area contributed by atoms with Crippen molar-refractivity contribution < 1.29 is 9.84 Å². The van der Waals surface area contributed by atoms with Gasteiger partial charge >= 0.3 is 0 Å². The highest BCUT2D eigenvalue weighted by Gasteiger charge is 2.28. The van der Waals surface area contributed by atoms with Crippen molar-refractivity contribution in [2.45, 2.75) is 51.7 Å². The van der Waals surface area contributed by atoms with Crippen LogP contribution in [0.5, 0.6) is 0 Å². The lowest BCUT2D eigenvalue weighted by atomic mass is 9.91. The summed E-state index contributed by atoms with van der Waals surface area (Å²) in [6, 6.07) is 0.353. The van der Waals surface area contributed by atoms with Crippen LogP contribution in [0.1, 0.15) is 39.5 Å². The highest BCUT2D eigenvalue weighted by Crippen LogP contribution is 2.23. The van der Waals surface area contributed by atoms with Crippen LogP contribution in [0.3, 0.4) is 0 Å². The maximum Gasteiger partial charge on any atom is 0.0695 e. The molecule has 1 rings (SSSR count). The molecule has 0 radical (unpaired) electrons. The molecule has 1 aliphatic rings. The summed E-state index contributed by atoms with van der Waals surface area (Å²) in [5, 5.41) is 10.1. The minimum atomic E-state index is -0.135. The first-order valence-electron chi connectivity index (χ1n) is 6.56. The summed E-state index contributed by atoms with van der Waals surface area (Å²) < 4.78 is 5.16. The SMILES string of the molecule is COCCN(CC(C)C)[C@@H]1CCCC[C@H]1O. The lowest BCUT2D eigenvalue weighted by Crippen LogP contribution is -2.48. The minimum absolute atomic E-state index is 0.135. The van der Waals surface area contributed by atoms with Crippen molar-refractivity contribution in [2.24, 2.45) is 5.92 Å². The molecule has 1 fully saturated rings. The average Bonchev–Trinajstić information content (AvgIpc) is 2.24. The first kappa shape index (κ1) is 13.9. The number of methoxy groups -OCH3 is 1. The molecule has 0 unspecified atom stereocenters. The summed E-state index contributed by atoms with van der Waals surface area (Å²) in [7, 11) is 1.74. The number of aliphatic hydroxyl groups excluding tert-OH is 1. The summed E-state index contributed by atoms with van der Waals surface area (Å²) in [6.45, 7) is 7.22. The number of rotatable bonds is 6. The van der Waals surface area contributed by atoms with E-state index in [1.54, 1.807) is 7.11 Å². The molecular formula is C13H27NO2. The van der Waals surface area contributed by atoms with Crippen LogP contribution in [0.25, 0.3) is 0 Å². The monoisotopic (exact) mass is 229 g/mol. The van der Waals surface area contributed by atoms with Crippen molar-refractivity contribution in [1.82, 2.24) is 4.90 Å². The van der Waals surface area contributed by atoms with Crippen molar-refractivity contribution >= 4 is 0 Å². The number of hydrogen-bond donors (Lipinski definition) is 1. The van der Waals surface area contributed by atoms with Gasteiger partial charge in [0.05, 0.1) is 12.7 Å². The highest BCUT2D eigenvalue weighted by molar-refractivity contribution is 4.83. The quantitative estimate of drug-likeness (QED) is 0.755. The summed E-state index contributed by atoms with van der Waals surface area (Å²) in [4.78, 5) is 2.41. The Morgan fingerprint density at radius 2 is 2.00 bits per heavy atom. The summed E-state index contributed by atoms with van der Waals surface area (Å²) in [6.07, 6.45) is 4.40. The molecule has 1 saturated carbocycles. The largest absolute Gasteiger partial charge is 0.391 e. The van der Waals surface area contributed by atoms with Crippen LogP contribution in [-0.4, -0.2) is 49.0 Å². The third kappa shape index (κ3) is 4.40. The molecule has 1 aliphatic carbocycles. The zero-order valence-electron chi connectivity index (χ0n) is 11.0. The van der Waals surface area contributed by atoms with Crippen LogP contribution in [-0.2, 0) is 4.74 Å². The van der Waals surface area contributed by atoms with Gasteiger partial charge in [0.1, 0.15) is 0 Å². The molecular weight excluding hydrogens is 202 g/mol. The Balaban J connectivity index is 2.50. The van der Waals surface area contributed by atoms with Gasteiger partial charge in [-0.05, 0) is 18.8 Å². The molecule has 2 atom stereocenters. The molecule has 0 aromatic rings. The third-order valence-electron chi connectivity index (χ3n) is 3.35. The van der Waals surface area contributed by atoms with Crippen molar-refractivity contribution in [3.05, 3.63) is 0 Å². The second-order valence-electron chi connectivity index (χ2n) is 5.30. The van der Waals surface area contributed by atoms with E-state index in [-0.39, 0.29) is 6.10 Å². The Labute approximate surface area is 99.8 Å². The highest BCUT2D eigenvalue weighted by atomic mass is 16.5. The van der Waals surface area contributed by atoms with E-state index in [0.717, 1.165) is 32.5 Å². The van der Waals surface area contributed by atoms with Gasteiger partial charge in [-0.15, -0.1) is 0 Å². The fourth-order valence-corrected chi connectivity index (χ4v) is 2.59. The summed E-state index contributed by atoms with van der Waals surface area (Å²) >= 11 is 0. The van der Waals surface area contributed by atoms with Gasteiger partial charge in [0, 0.05) is 26.2 Å². The van der Waals surface area contributed by atoms with E-state index in [4.69, 9.17) is 4.74 Å². The van der Waals surface area contributed by atoms with Gasteiger partial charge in [-0.1, -0.05) is 26.7 Å². The van der Waals surface area contributed by atoms with Crippen LogP contribution in [0, 0.1) is 5.92 Å². The van der Waals surface area contributed by atoms with Crippen molar-refractivity contribution in [2.75, 3.05) is 26.8 Å². The lowest BCUT2D eigenvalue weighted by Gasteiger charge is -2.38. The Morgan fingerprint density at radius 1 is 1.31 bits per heavy atom. The summed E-state index contributed by atoms with van der Waals surface area (Å²) in [5.74, 6) is 0.644. The van der Waals surface area contributed by atoms with E-state index < -0.39 is 0 Å². The second kappa shape index (κ2) is 7.25. The van der Waals surface area contributed by atoms with Crippen LogP contribution in [0.2, 0.25) is 0 Å². The van der Waals surface area contributed by atoms with E-state index in [0.29, 0.717) is 12.0 Å². The van der Waals surface area contributed by atoms with Gasteiger partial charge in [0.25, 0.3) is 0 Å². The van der Waals surface area contributed by atoms with E-state index in [1.165, 1.54) is 12.8 Å². The van der Waals surface area contributed by atoms with Crippen LogP contribution >= 0.6 is 0 Å². The van der Waals surface area contributed by atoms with Gasteiger partial charge < -0.3 is 9.84 Å². The van der Waals surface area contributed by atoms with Crippen LogP contribution in [0.4, 0.5) is 0 Å². The average molecular weight is 229 g/mol. The van der Waals surface area contributed by atoms with Crippen LogP contribution < -0.4 is 0 Å². The Morgan fingerprint density at radius 3 is 2.56 bits per heavy atom. The molecule has 0 amide bonds. The maximum absolute atomic E-state index is 10.1. The van der Waals surface area contributed by atoms with Gasteiger partial charge in [-0.25, -0.2) is 0 Å². The molecule has 0 heterocycles. The van der Waals surface area contributed by atoms with Crippen molar-refractivity contribution in [3.8, 4) is 0 Å². The predicted octanol–water partition coefficient (Wildman–Crippen LogP) is 1.89. The van der Waals surface area contributed by atoms with E-state index in [1.807, 2.05) is 0 Å². The molecule has 96 valence electrons. The zero-order chi connectivity index (χ0) is 12.0. The molecule has 0 aromatic carbocycles. The lowest BCUT2D eigenvalue weighted by molar-refractivity contribution is 0.00389. The molecule has 0 spiro atoms. The maximum atomic E-state index is 10.1. The third-order valence-corrected chi connectivity index (χ3v) is 3.35. The van der Waals surface area contributed by atoms with E-state index in [9.17, 15) is 5.11 Å². The normalized spacial score (nSPS) is 26.6. The molecule has 0 aromatic heterocycles. The van der Waals surface area contributed by atoms with Crippen molar-refractivity contribution in [1.29, 1.82) is 0 Å². The van der Waals surface area contributed by atoms with Gasteiger partial charge in [-0.2, -0.15) is 0 Å². The summed E-state index contributed by atoms with van der Waals surface area (Å²) in [5.41, 5.74) is 0. The first-order chi connectivity index (χ1) is 7.65. The zero-order valence-corrected chi connectivity index (χ0v) is 11.0.